The van der Waals surface area contributed by atoms with Crippen LogP contribution >= 0.6 is 39.1 Å². The Balaban J connectivity index is 2.79. The smallest absolute Gasteiger partial charge is 0.0466 e. The van der Waals surface area contributed by atoms with Gasteiger partial charge in [-0.15, -0.1) is 23.2 Å². The van der Waals surface area contributed by atoms with Gasteiger partial charge in [0.25, 0.3) is 0 Å². The van der Waals surface area contributed by atoms with Crippen LogP contribution in [0.4, 0.5) is 0 Å². The number of ether oxygens (including phenoxy) is 1. The van der Waals surface area contributed by atoms with Crippen LogP contribution in [-0.2, 0) is 10.2 Å². The second-order valence-corrected chi connectivity index (χ2v) is 5.81. The third-order valence-corrected chi connectivity index (χ3v) is 4.61. The monoisotopic (exact) mass is 352 g/mol. The number of halogens is 3. The lowest BCUT2D eigenvalue weighted by Crippen LogP contribution is -2.31. The second-order valence-electron chi connectivity index (χ2n) is 4.36. The number of hydrogen-bond donors (Lipinski definition) is 0. The van der Waals surface area contributed by atoms with Gasteiger partial charge in [-0.2, -0.15) is 0 Å². The minimum Gasteiger partial charge on any atom is -0.382 e. The zero-order valence-corrected chi connectivity index (χ0v) is 13.7. The van der Waals surface area contributed by atoms with Crippen LogP contribution in [0.1, 0.15) is 25.3 Å². The minimum absolute atomic E-state index is 0.163. The van der Waals surface area contributed by atoms with Crippen molar-refractivity contribution in [2.75, 3.05) is 25.0 Å². The summed E-state index contributed by atoms with van der Waals surface area (Å²) in [7, 11) is 0. The Labute approximate surface area is 128 Å². The molecule has 0 aliphatic carbocycles. The molecule has 0 spiro atoms. The van der Waals surface area contributed by atoms with Crippen LogP contribution in [0.2, 0.25) is 0 Å². The summed E-state index contributed by atoms with van der Waals surface area (Å²) in [5.74, 6) is 1.05. The molecule has 0 fully saturated rings. The summed E-state index contributed by atoms with van der Waals surface area (Å²) in [6.07, 6.45) is 1.91. The highest BCUT2D eigenvalue weighted by Gasteiger charge is 2.30. The number of hydrogen-bond acceptors (Lipinski definition) is 1. The fourth-order valence-corrected chi connectivity index (χ4v) is 3.20. The van der Waals surface area contributed by atoms with Crippen molar-refractivity contribution in [2.45, 2.75) is 25.2 Å². The van der Waals surface area contributed by atoms with Crippen molar-refractivity contribution in [3.05, 3.63) is 34.3 Å². The van der Waals surface area contributed by atoms with Gasteiger partial charge < -0.3 is 4.74 Å². The molecule has 0 amide bonds. The number of benzene rings is 1. The lowest BCUT2D eigenvalue weighted by molar-refractivity contribution is 0.139. The van der Waals surface area contributed by atoms with Gasteiger partial charge in [0.15, 0.2) is 0 Å². The maximum atomic E-state index is 6.18. The molecule has 0 radical (unpaired) electrons. The van der Waals surface area contributed by atoms with Gasteiger partial charge in [0.1, 0.15) is 0 Å². The van der Waals surface area contributed by atoms with Gasteiger partial charge >= 0.3 is 0 Å². The third-order valence-electron chi connectivity index (χ3n) is 3.10. The zero-order chi connectivity index (χ0) is 13.4. The molecule has 0 heterocycles. The first-order valence-electron chi connectivity index (χ1n) is 6.14. The Morgan fingerprint density at radius 3 is 2.56 bits per heavy atom. The van der Waals surface area contributed by atoms with Crippen molar-refractivity contribution in [3.8, 4) is 0 Å². The Morgan fingerprint density at radius 2 is 2.00 bits per heavy atom. The molecule has 1 rings (SSSR count). The molecule has 0 bridgehead atoms. The maximum Gasteiger partial charge on any atom is 0.0466 e. The molecule has 0 aliphatic rings. The molecule has 0 unspecified atom stereocenters. The number of rotatable bonds is 8. The van der Waals surface area contributed by atoms with Crippen LogP contribution in [0, 0.1) is 0 Å². The van der Waals surface area contributed by atoms with Gasteiger partial charge in [0, 0.05) is 34.9 Å². The van der Waals surface area contributed by atoms with Crippen LogP contribution in [0.15, 0.2) is 28.7 Å². The Morgan fingerprint density at radius 1 is 1.28 bits per heavy atom. The average Bonchev–Trinajstić information content (AvgIpc) is 2.40. The molecule has 0 saturated carbocycles. The first kappa shape index (κ1) is 16.3. The van der Waals surface area contributed by atoms with Crippen LogP contribution < -0.4 is 0 Å². The standard InChI is InChI=1S/C14H19BrCl2O/c1-2-18-8-4-7-14(10-16,11-17)12-5-3-6-13(15)9-12/h3,5-6,9H,2,4,7-8,10-11H2,1H3. The molecule has 0 atom stereocenters. The van der Waals surface area contributed by atoms with E-state index in [2.05, 4.69) is 28.1 Å². The van der Waals surface area contributed by atoms with Crippen molar-refractivity contribution >= 4 is 39.1 Å². The quantitative estimate of drug-likeness (QED) is 0.473. The molecular weight excluding hydrogens is 335 g/mol. The molecule has 0 N–H and O–H groups in total. The lowest BCUT2D eigenvalue weighted by atomic mass is 9.80. The van der Waals surface area contributed by atoms with Crippen molar-refractivity contribution in [2.24, 2.45) is 0 Å². The molecule has 18 heavy (non-hydrogen) atoms. The maximum absolute atomic E-state index is 6.18. The largest absolute Gasteiger partial charge is 0.382 e. The summed E-state index contributed by atoms with van der Waals surface area (Å²) < 4.78 is 6.44. The van der Waals surface area contributed by atoms with Crippen LogP contribution in [0.3, 0.4) is 0 Å². The van der Waals surface area contributed by atoms with E-state index in [1.165, 1.54) is 5.56 Å². The number of alkyl halides is 2. The molecule has 1 aromatic carbocycles. The summed E-state index contributed by atoms with van der Waals surface area (Å²) in [4.78, 5) is 0. The van der Waals surface area contributed by atoms with Gasteiger partial charge in [-0.05, 0) is 37.5 Å². The highest BCUT2D eigenvalue weighted by Crippen LogP contribution is 2.33. The minimum atomic E-state index is -0.163. The van der Waals surface area contributed by atoms with E-state index in [4.69, 9.17) is 27.9 Å². The molecular formula is C14H19BrCl2O. The summed E-state index contributed by atoms with van der Waals surface area (Å²) in [6, 6.07) is 8.23. The third kappa shape index (κ3) is 4.41. The topological polar surface area (TPSA) is 9.23 Å². The van der Waals surface area contributed by atoms with Crippen molar-refractivity contribution in [1.29, 1.82) is 0 Å². The average molecular weight is 354 g/mol. The fraction of sp³-hybridized carbons (Fsp3) is 0.571. The molecule has 102 valence electrons. The van der Waals surface area contributed by atoms with Crippen molar-refractivity contribution in [1.82, 2.24) is 0 Å². The first-order valence-corrected chi connectivity index (χ1v) is 8.00. The highest BCUT2D eigenvalue weighted by atomic mass is 79.9. The highest BCUT2D eigenvalue weighted by molar-refractivity contribution is 9.10. The molecule has 0 aromatic heterocycles. The van der Waals surface area contributed by atoms with Crippen molar-refractivity contribution in [3.63, 3.8) is 0 Å². The van der Waals surface area contributed by atoms with Gasteiger partial charge in [-0.1, -0.05) is 28.1 Å². The fourth-order valence-electron chi connectivity index (χ4n) is 1.94. The van der Waals surface area contributed by atoms with Gasteiger partial charge in [0.05, 0.1) is 0 Å². The van der Waals surface area contributed by atoms with Crippen LogP contribution in [0.25, 0.3) is 0 Å². The van der Waals surface area contributed by atoms with Crippen LogP contribution in [-0.4, -0.2) is 25.0 Å². The molecule has 0 saturated heterocycles. The van der Waals surface area contributed by atoms with E-state index >= 15 is 0 Å². The Bertz CT molecular complexity index is 353. The molecule has 1 nitrogen and oxygen atoms in total. The van der Waals surface area contributed by atoms with Gasteiger partial charge in [-0.25, -0.2) is 0 Å². The van der Waals surface area contributed by atoms with E-state index in [0.717, 1.165) is 30.5 Å². The lowest BCUT2D eigenvalue weighted by Gasteiger charge is -2.30. The van der Waals surface area contributed by atoms with Crippen molar-refractivity contribution < 1.29 is 4.74 Å². The summed E-state index contributed by atoms with van der Waals surface area (Å²) in [5.41, 5.74) is 1.03. The predicted octanol–water partition coefficient (Wildman–Crippen LogP) is 4.98. The SMILES string of the molecule is CCOCCCC(CCl)(CCl)c1cccc(Br)c1. The van der Waals surface area contributed by atoms with E-state index in [-0.39, 0.29) is 5.41 Å². The molecule has 0 aliphatic heterocycles. The van der Waals surface area contributed by atoms with Crippen LogP contribution in [0.5, 0.6) is 0 Å². The summed E-state index contributed by atoms with van der Waals surface area (Å²) >= 11 is 15.9. The first-order chi connectivity index (χ1) is 8.68. The summed E-state index contributed by atoms with van der Waals surface area (Å²) in [6.45, 7) is 3.52. The zero-order valence-electron chi connectivity index (χ0n) is 10.6. The van der Waals surface area contributed by atoms with E-state index in [0.29, 0.717) is 11.8 Å². The second kappa shape index (κ2) is 8.42. The van der Waals surface area contributed by atoms with E-state index < -0.39 is 0 Å². The molecule has 1 aromatic rings. The van der Waals surface area contributed by atoms with E-state index in [1.807, 2.05) is 19.1 Å². The normalized spacial score (nSPS) is 11.8. The van der Waals surface area contributed by atoms with Gasteiger partial charge in [0.2, 0.25) is 0 Å². The van der Waals surface area contributed by atoms with E-state index in [9.17, 15) is 0 Å². The van der Waals surface area contributed by atoms with E-state index in [1.54, 1.807) is 0 Å². The van der Waals surface area contributed by atoms with Gasteiger partial charge in [-0.3, -0.25) is 0 Å². The molecule has 4 heteroatoms. The summed E-state index contributed by atoms with van der Waals surface area (Å²) in [5, 5.41) is 0. The Hall–Kier alpha value is 0.240. The Kier molecular flexibility index (Phi) is 7.62. The predicted molar refractivity (Wildman–Crippen MR) is 83.0 cm³/mol.